The van der Waals surface area contributed by atoms with Crippen LogP contribution < -0.4 is 21.5 Å². The molecule has 0 spiro atoms. The Kier molecular flexibility index (Phi) is 5.43. The largest absolute Gasteiger partial charge is 0.389 e. The van der Waals surface area contributed by atoms with Gasteiger partial charge in [0, 0.05) is 49.1 Å². The summed E-state index contributed by atoms with van der Waals surface area (Å²) in [6.45, 7) is 5.91. The van der Waals surface area contributed by atoms with Gasteiger partial charge in [-0.25, -0.2) is 4.79 Å². The van der Waals surface area contributed by atoms with E-state index < -0.39 is 11.2 Å². The van der Waals surface area contributed by atoms with Crippen molar-refractivity contribution >= 4 is 22.9 Å². The summed E-state index contributed by atoms with van der Waals surface area (Å²) in [6, 6.07) is 8.79. The van der Waals surface area contributed by atoms with Crippen LogP contribution in [0, 0.1) is 5.92 Å². The second-order valence-corrected chi connectivity index (χ2v) is 10.2. The van der Waals surface area contributed by atoms with E-state index in [1.807, 2.05) is 30.7 Å². The van der Waals surface area contributed by atoms with E-state index in [0.29, 0.717) is 35.1 Å². The molecule has 2 aromatic heterocycles. The van der Waals surface area contributed by atoms with E-state index in [4.69, 9.17) is 4.98 Å². The van der Waals surface area contributed by atoms with Crippen molar-refractivity contribution in [2.24, 2.45) is 5.92 Å². The number of benzene rings is 1. The number of Topliss-reactive ketones (excluding diaryl/α,β-unsaturated/α-hetero) is 1. The number of nitrogens with one attached hydrogen (secondary N) is 1. The summed E-state index contributed by atoms with van der Waals surface area (Å²) >= 11 is 0. The minimum absolute atomic E-state index is 0.00276. The molecule has 1 aromatic carbocycles. The van der Waals surface area contributed by atoms with Gasteiger partial charge in [-0.2, -0.15) is 4.98 Å². The average molecular weight is 487 g/mol. The highest BCUT2D eigenvalue weighted by Gasteiger charge is 2.37. The number of fused-ring (bicyclic) bond motifs is 2. The molecule has 186 valence electrons. The van der Waals surface area contributed by atoms with E-state index in [-0.39, 0.29) is 18.4 Å². The average Bonchev–Trinajstić information content (AvgIpc) is 3.28. The Bertz CT molecular complexity index is 1530. The third-order valence-electron chi connectivity index (χ3n) is 7.32. The van der Waals surface area contributed by atoms with Crippen LogP contribution in [-0.2, 0) is 13.1 Å². The molecule has 0 radical (unpaired) electrons. The quantitative estimate of drug-likeness (QED) is 0.408. The first-order chi connectivity index (χ1) is 17.4. The monoisotopic (exact) mass is 486 g/mol. The van der Waals surface area contributed by atoms with Gasteiger partial charge in [0.05, 0.1) is 6.54 Å². The van der Waals surface area contributed by atoms with Gasteiger partial charge in [-0.3, -0.25) is 18.7 Å². The lowest BCUT2D eigenvalue weighted by Crippen LogP contribution is -2.42. The number of hydrogen-bond donors (Lipinski definition) is 1. The van der Waals surface area contributed by atoms with Gasteiger partial charge < -0.3 is 14.8 Å². The minimum atomic E-state index is -0.466. The summed E-state index contributed by atoms with van der Waals surface area (Å²) in [7, 11) is 0. The molecule has 4 heterocycles. The van der Waals surface area contributed by atoms with Gasteiger partial charge in [0.15, 0.2) is 16.9 Å². The predicted octanol–water partition coefficient (Wildman–Crippen LogP) is 2.81. The molecule has 2 fully saturated rings. The molecular formula is C27H30N6O3. The van der Waals surface area contributed by atoms with E-state index in [2.05, 4.69) is 16.3 Å². The lowest BCUT2D eigenvalue weighted by Gasteiger charge is -2.19. The first kappa shape index (κ1) is 22.6. The number of anilines is 1. The number of carbonyl (C=O) groups is 1. The molecule has 9 nitrogen and oxygen atoms in total. The maximum atomic E-state index is 13.9. The van der Waals surface area contributed by atoms with Crippen molar-refractivity contribution in [3.63, 3.8) is 0 Å². The van der Waals surface area contributed by atoms with Gasteiger partial charge in [-0.05, 0) is 33.1 Å². The third kappa shape index (κ3) is 3.70. The van der Waals surface area contributed by atoms with Gasteiger partial charge in [0.2, 0.25) is 5.95 Å². The fourth-order valence-corrected chi connectivity index (χ4v) is 5.26. The number of nitrogens with zero attached hydrogens (tertiary/aromatic N) is 5. The normalized spacial score (nSPS) is 18.8. The molecule has 3 aliphatic rings. The number of carbonyl (C=O) groups excluding carboxylic acids is 1. The highest BCUT2D eigenvalue weighted by atomic mass is 16.2. The highest BCUT2D eigenvalue weighted by molar-refractivity contribution is 5.96. The number of aromatic nitrogens is 4. The molecule has 0 amide bonds. The molecule has 36 heavy (non-hydrogen) atoms. The second-order valence-electron chi connectivity index (χ2n) is 10.2. The number of imidazole rings is 1. The maximum Gasteiger partial charge on any atom is 0.333 e. The Hall–Kier alpha value is -3.88. The van der Waals surface area contributed by atoms with E-state index in [0.717, 1.165) is 42.5 Å². The maximum absolute atomic E-state index is 13.9. The van der Waals surface area contributed by atoms with Crippen LogP contribution in [-0.4, -0.2) is 37.6 Å². The number of allylic oxidation sites excluding steroid dienone is 2. The van der Waals surface area contributed by atoms with E-state index in [9.17, 15) is 14.4 Å². The number of hydrogen-bond acceptors (Lipinski definition) is 6. The Balaban J connectivity index is 1.57. The zero-order chi connectivity index (χ0) is 25.0. The van der Waals surface area contributed by atoms with Crippen LogP contribution in [0.1, 0.15) is 49.5 Å². The molecule has 9 heteroatoms. The zero-order valence-electron chi connectivity index (χ0n) is 20.6. The fraction of sp³-hybridized carbons (Fsp3) is 0.407. The summed E-state index contributed by atoms with van der Waals surface area (Å²) in [5, 5.41) is 3.32. The molecule has 2 aliphatic heterocycles. The molecule has 1 aliphatic carbocycles. The third-order valence-corrected chi connectivity index (χ3v) is 7.32. The lowest BCUT2D eigenvalue weighted by atomic mass is 10.1. The first-order valence-corrected chi connectivity index (χ1v) is 12.6. The van der Waals surface area contributed by atoms with Crippen molar-refractivity contribution in [3.8, 4) is 0 Å². The van der Waals surface area contributed by atoms with Gasteiger partial charge in [0.25, 0.3) is 5.56 Å². The Morgan fingerprint density at radius 1 is 1.11 bits per heavy atom. The van der Waals surface area contributed by atoms with E-state index >= 15 is 0 Å². The van der Waals surface area contributed by atoms with Crippen molar-refractivity contribution in [1.29, 1.82) is 0 Å². The van der Waals surface area contributed by atoms with Crippen LogP contribution in [0.5, 0.6) is 0 Å². The molecule has 0 bridgehead atoms. The zero-order valence-corrected chi connectivity index (χ0v) is 20.6. The second kappa shape index (κ2) is 8.65. The smallest absolute Gasteiger partial charge is 0.333 e. The van der Waals surface area contributed by atoms with E-state index in [1.165, 1.54) is 5.70 Å². The molecular weight excluding hydrogens is 456 g/mol. The van der Waals surface area contributed by atoms with Crippen molar-refractivity contribution in [3.05, 3.63) is 80.3 Å². The molecule has 1 saturated carbocycles. The van der Waals surface area contributed by atoms with Crippen LogP contribution in [0.15, 0.2) is 63.5 Å². The van der Waals surface area contributed by atoms with Crippen LogP contribution in [0.25, 0.3) is 11.2 Å². The SMILES string of the molecule is CC(C)=CCn1c(N2CCC3CNC=C32)nc2c1c(=O)n(CC(=O)c1ccccc1)c(=O)n2C1CC1. The number of rotatable bonds is 7. The van der Waals surface area contributed by atoms with E-state index in [1.54, 1.807) is 28.8 Å². The summed E-state index contributed by atoms with van der Waals surface area (Å²) in [4.78, 5) is 47.7. The Labute approximate surface area is 208 Å². The van der Waals surface area contributed by atoms with Gasteiger partial charge >= 0.3 is 5.69 Å². The fourth-order valence-electron chi connectivity index (χ4n) is 5.26. The summed E-state index contributed by atoms with van der Waals surface area (Å²) in [6.07, 6.45) is 6.82. The highest BCUT2D eigenvalue weighted by Crippen LogP contribution is 2.38. The molecule has 3 aromatic rings. The summed E-state index contributed by atoms with van der Waals surface area (Å²) < 4.78 is 4.67. The molecule has 1 atom stereocenters. The predicted molar refractivity (Wildman–Crippen MR) is 138 cm³/mol. The molecule has 1 unspecified atom stereocenters. The Morgan fingerprint density at radius 3 is 2.61 bits per heavy atom. The van der Waals surface area contributed by atoms with Crippen molar-refractivity contribution in [1.82, 2.24) is 24.0 Å². The Morgan fingerprint density at radius 2 is 1.89 bits per heavy atom. The van der Waals surface area contributed by atoms with Gasteiger partial charge in [-0.1, -0.05) is 42.0 Å². The molecule has 1 N–H and O–H groups in total. The minimum Gasteiger partial charge on any atom is -0.389 e. The standard InChI is InChI=1S/C27H30N6O3/c1-17(2)10-12-31-23-24(29-26(31)30-13-11-19-14-28-15-21(19)30)33(20-8-9-20)27(36)32(25(23)35)16-22(34)18-6-4-3-5-7-18/h3-7,10,15,19-20,28H,8-9,11-14,16H2,1-2H3. The molecule has 1 saturated heterocycles. The lowest BCUT2D eigenvalue weighted by molar-refractivity contribution is 0.0968. The van der Waals surface area contributed by atoms with Gasteiger partial charge in [-0.15, -0.1) is 0 Å². The van der Waals surface area contributed by atoms with Crippen LogP contribution >= 0.6 is 0 Å². The summed E-state index contributed by atoms with van der Waals surface area (Å²) in [5.41, 5.74) is 2.64. The molecule has 6 rings (SSSR count). The van der Waals surface area contributed by atoms with Crippen molar-refractivity contribution < 1.29 is 4.79 Å². The van der Waals surface area contributed by atoms with Crippen LogP contribution in [0.2, 0.25) is 0 Å². The first-order valence-electron chi connectivity index (χ1n) is 12.6. The van der Waals surface area contributed by atoms with Crippen LogP contribution in [0.4, 0.5) is 5.95 Å². The van der Waals surface area contributed by atoms with Crippen LogP contribution in [0.3, 0.4) is 0 Å². The summed E-state index contributed by atoms with van der Waals surface area (Å²) in [5.74, 6) is 0.835. The number of ketones is 1. The van der Waals surface area contributed by atoms with Crippen molar-refractivity contribution in [2.45, 2.75) is 52.2 Å². The topological polar surface area (TPSA) is 94.2 Å². The van der Waals surface area contributed by atoms with Gasteiger partial charge in [0.1, 0.15) is 0 Å². The van der Waals surface area contributed by atoms with Crippen molar-refractivity contribution in [2.75, 3.05) is 18.0 Å².